The van der Waals surface area contributed by atoms with Crippen LogP contribution in [0.3, 0.4) is 0 Å². The Hall–Kier alpha value is -1.02. The molecule has 0 aromatic heterocycles. The molecule has 0 radical (unpaired) electrons. The van der Waals surface area contributed by atoms with Gasteiger partial charge in [0, 0.05) is 25.3 Å². The number of hydrogen-bond acceptors (Lipinski definition) is 2. The molecule has 0 atom stereocenters. The molecular formula is C15H22N2. The monoisotopic (exact) mass is 230 g/mol. The molecule has 3 rings (SSSR count). The Kier molecular flexibility index (Phi) is 3.06. The number of fused-ring (bicyclic) bond motifs is 1. The first-order valence-electron chi connectivity index (χ1n) is 6.95. The molecule has 1 N–H and O–H groups in total. The molecular weight excluding hydrogens is 208 g/mol. The topological polar surface area (TPSA) is 15.3 Å². The van der Waals surface area contributed by atoms with Crippen molar-refractivity contribution in [3.05, 3.63) is 29.3 Å². The van der Waals surface area contributed by atoms with E-state index in [0.717, 1.165) is 19.0 Å². The molecule has 1 fully saturated rings. The number of hydrogen-bond donors (Lipinski definition) is 1. The number of nitrogens with zero attached hydrogens (tertiary/aromatic N) is 1. The molecule has 2 aliphatic heterocycles. The molecule has 0 saturated carbocycles. The Morgan fingerprint density at radius 3 is 3.06 bits per heavy atom. The third-order valence-electron chi connectivity index (χ3n) is 4.11. The van der Waals surface area contributed by atoms with E-state index < -0.39 is 0 Å². The summed E-state index contributed by atoms with van der Waals surface area (Å²) >= 11 is 0. The quantitative estimate of drug-likeness (QED) is 0.858. The summed E-state index contributed by atoms with van der Waals surface area (Å²) in [6.07, 6.45) is 3.92. The van der Waals surface area contributed by atoms with Crippen LogP contribution >= 0.6 is 0 Å². The van der Waals surface area contributed by atoms with Crippen molar-refractivity contribution in [2.24, 2.45) is 5.92 Å². The zero-order valence-electron chi connectivity index (χ0n) is 10.7. The first-order valence-corrected chi connectivity index (χ1v) is 6.95. The first-order chi connectivity index (χ1) is 8.38. The molecule has 0 unspecified atom stereocenters. The van der Waals surface area contributed by atoms with Crippen LogP contribution in [0.15, 0.2) is 18.2 Å². The fourth-order valence-electron chi connectivity index (χ4n) is 3.17. The van der Waals surface area contributed by atoms with Crippen molar-refractivity contribution < 1.29 is 0 Å². The maximum atomic E-state index is 3.45. The Bertz CT molecular complexity index is 394. The van der Waals surface area contributed by atoms with Crippen molar-refractivity contribution in [1.82, 2.24) is 5.32 Å². The molecule has 2 heteroatoms. The minimum absolute atomic E-state index is 0.942. The number of anilines is 1. The highest BCUT2D eigenvalue weighted by Gasteiger charge is 2.28. The minimum Gasteiger partial charge on any atom is -0.371 e. The van der Waals surface area contributed by atoms with E-state index >= 15 is 0 Å². The first kappa shape index (κ1) is 11.1. The van der Waals surface area contributed by atoms with Crippen LogP contribution in [0.5, 0.6) is 0 Å². The van der Waals surface area contributed by atoms with Gasteiger partial charge in [-0.3, -0.25) is 0 Å². The van der Waals surface area contributed by atoms with Crippen LogP contribution in [0, 0.1) is 5.92 Å². The number of benzene rings is 1. The van der Waals surface area contributed by atoms with Crippen molar-refractivity contribution in [2.75, 3.05) is 24.5 Å². The lowest BCUT2D eigenvalue weighted by Gasteiger charge is -2.43. The summed E-state index contributed by atoms with van der Waals surface area (Å²) in [7, 11) is 0. The van der Waals surface area contributed by atoms with Crippen LogP contribution in [-0.4, -0.2) is 19.6 Å². The zero-order valence-corrected chi connectivity index (χ0v) is 10.7. The lowest BCUT2D eigenvalue weighted by atomic mass is 9.91. The molecule has 0 spiro atoms. The summed E-state index contributed by atoms with van der Waals surface area (Å²) in [6, 6.07) is 6.80. The molecule has 17 heavy (non-hydrogen) atoms. The fourth-order valence-corrected chi connectivity index (χ4v) is 3.17. The summed E-state index contributed by atoms with van der Waals surface area (Å²) in [5.41, 5.74) is 4.62. The van der Waals surface area contributed by atoms with Gasteiger partial charge in [-0.15, -0.1) is 0 Å². The second-order valence-electron chi connectivity index (χ2n) is 5.40. The van der Waals surface area contributed by atoms with Gasteiger partial charge in [0.2, 0.25) is 0 Å². The van der Waals surface area contributed by atoms with Crippen molar-refractivity contribution in [2.45, 2.75) is 32.7 Å². The van der Waals surface area contributed by atoms with E-state index in [0.29, 0.717) is 0 Å². The molecule has 1 aromatic carbocycles. The van der Waals surface area contributed by atoms with Crippen LogP contribution in [0.1, 0.15) is 30.9 Å². The Morgan fingerprint density at radius 2 is 2.24 bits per heavy atom. The molecule has 2 aliphatic rings. The Balaban J connectivity index is 1.76. The summed E-state index contributed by atoms with van der Waals surface area (Å²) in [5.74, 6) is 0.942. The van der Waals surface area contributed by atoms with Gasteiger partial charge in [-0.1, -0.05) is 25.5 Å². The smallest absolute Gasteiger partial charge is 0.0402 e. The molecule has 0 amide bonds. The average molecular weight is 230 g/mol. The maximum absolute atomic E-state index is 3.45. The predicted molar refractivity (Wildman–Crippen MR) is 72.5 cm³/mol. The van der Waals surface area contributed by atoms with Gasteiger partial charge in [-0.2, -0.15) is 0 Å². The second-order valence-corrected chi connectivity index (χ2v) is 5.40. The highest BCUT2D eigenvalue weighted by Crippen LogP contribution is 2.32. The van der Waals surface area contributed by atoms with Gasteiger partial charge in [0.05, 0.1) is 0 Å². The van der Waals surface area contributed by atoms with Crippen molar-refractivity contribution in [1.29, 1.82) is 0 Å². The van der Waals surface area contributed by atoms with E-state index in [1.807, 2.05) is 0 Å². The number of rotatable bonds is 3. The molecule has 0 bridgehead atoms. The van der Waals surface area contributed by atoms with Crippen LogP contribution < -0.4 is 10.2 Å². The van der Waals surface area contributed by atoms with E-state index in [-0.39, 0.29) is 0 Å². The van der Waals surface area contributed by atoms with Crippen LogP contribution in [0.25, 0.3) is 0 Å². The van der Waals surface area contributed by atoms with Crippen LogP contribution in [0.2, 0.25) is 0 Å². The van der Waals surface area contributed by atoms with Crippen LogP contribution in [-0.2, 0) is 13.0 Å². The average Bonchev–Trinajstić information content (AvgIpc) is 2.33. The lowest BCUT2D eigenvalue weighted by Crippen LogP contribution is -2.47. The van der Waals surface area contributed by atoms with E-state index in [9.17, 15) is 0 Å². The van der Waals surface area contributed by atoms with Gasteiger partial charge in [-0.05, 0) is 42.5 Å². The normalized spacial score (nSPS) is 19.9. The van der Waals surface area contributed by atoms with Gasteiger partial charge in [0.15, 0.2) is 0 Å². The standard InChI is InChI=1S/C15H22N2/c1-2-4-12-10-17(11-12)15-6-3-5-13-9-16-8-7-14(13)15/h3,5-6,12,16H,2,4,7-11H2,1H3. The summed E-state index contributed by atoms with van der Waals surface area (Å²) in [5, 5.41) is 3.45. The van der Waals surface area contributed by atoms with E-state index in [1.54, 1.807) is 5.56 Å². The van der Waals surface area contributed by atoms with Gasteiger partial charge in [0.1, 0.15) is 0 Å². The lowest BCUT2D eigenvalue weighted by molar-refractivity contribution is 0.379. The third kappa shape index (κ3) is 2.06. The molecule has 2 nitrogen and oxygen atoms in total. The van der Waals surface area contributed by atoms with E-state index in [4.69, 9.17) is 0 Å². The SMILES string of the molecule is CCCC1CN(c2cccc3c2CCNC3)C1. The Labute approximate surface area is 104 Å². The highest BCUT2D eigenvalue weighted by molar-refractivity contribution is 5.59. The summed E-state index contributed by atoms with van der Waals surface area (Å²) in [4.78, 5) is 2.57. The fraction of sp³-hybridized carbons (Fsp3) is 0.600. The molecule has 1 saturated heterocycles. The van der Waals surface area contributed by atoms with Crippen molar-refractivity contribution >= 4 is 5.69 Å². The van der Waals surface area contributed by atoms with E-state index in [1.165, 1.54) is 43.6 Å². The predicted octanol–water partition coefficient (Wildman–Crippen LogP) is 2.57. The Morgan fingerprint density at radius 1 is 1.35 bits per heavy atom. The van der Waals surface area contributed by atoms with Gasteiger partial charge in [-0.25, -0.2) is 0 Å². The minimum atomic E-state index is 0.942. The van der Waals surface area contributed by atoms with Crippen molar-refractivity contribution in [3.8, 4) is 0 Å². The zero-order chi connectivity index (χ0) is 11.7. The molecule has 0 aliphatic carbocycles. The van der Waals surface area contributed by atoms with E-state index in [2.05, 4.69) is 35.3 Å². The second kappa shape index (κ2) is 4.69. The largest absolute Gasteiger partial charge is 0.371 e. The molecule has 92 valence electrons. The van der Waals surface area contributed by atoms with Crippen LogP contribution in [0.4, 0.5) is 5.69 Å². The third-order valence-corrected chi connectivity index (χ3v) is 4.11. The molecule has 1 aromatic rings. The van der Waals surface area contributed by atoms with Gasteiger partial charge in [0.25, 0.3) is 0 Å². The van der Waals surface area contributed by atoms with Crippen molar-refractivity contribution in [3.63, 3.8) is 0 Å². The summed E-state index contributed by atoms with van der Waals surface area (Å²) in [6.45, 7) is 7.03. The summed E-state index contributed by atoms with van der Waals surface area (Å²) < 4.78 is 0. The maximum Gasteiger partial charge on any atom is 0.0402 e. The van der Waals surface area contributed by atoms with Gasteiger partial charge < -0.3 is 10.2 Å². The number of nitrogens with one attached hydrogen (secondary N) is 1. The molecule has 2 heterocycles. The van der Waals surface area contributed by atoms with Gasteiger partial charge >= 0.3 is 0 Å². The highest BCUT2D eigenvalue weighted by atomic mass is 15.2.